The highest BCUT2D eigenvalue weighted by atomic mass is 79.9. The molecule has 23 heavy (non-hydrogen) atoms. The van der Waals surface area contributed by atoms with E-state index in [4.69, 9.17) is 10.5 Å². The first kappa shape index (κ1) is 16.8. The molecule has 0 aliphatic carbocycles. The summed E-state index contributed by atoms with van der Waals surface area (Å²) >= 11 is 3.28. The number of anilines is 2. The van der Waals surface area contributed by atoms with Crippen molar-refractivity contribution in [2.75, 3.05) is 17.6 Å². The third-order valence-electron chi connectivity index (χ3n) is 2.89. The molecular formula is C16H16BrN3O3. The molecule has 7 heteroatoms. The molecule has 2 amide bonds. The summed E-state index contributed by atoms with van der Waals surface area (Å²) in [5.41, 5.74) is 7.57. The lowest BCUT2D eigenvalue weighted by molar-refractivity contribution is -0.115. The van der Waals surface area contributed by atoms with Gasteiger partial charge in [0.1, 0.15) is 13.2 Å². The van der Waals surface area contributed by atoms with Gasteiger partial charge in [-0.2, -0.15) is 0 Å². The number of carbonyl (C=O) groups excluding carboxylic acids is 2. The van der Waals surface area contributed by atoms with Crippen LogP contribution in [0.3, 0.4) is 0 Å². The van der Waals surface area contributed by atoms with Crippen molar-refractivity contribution in [3.63, 3.8) is 0 Å². The monoisotopic (exact) mass is 377 g/mol. The Morgan fingerprint density at radius 2 is 1.87 bits per heavy atom. The largest absolute Gasteiger partial charge is 0.445 e. The molecule has 0 spiro atoms. The van der Waals surface area contributed by atoms with Crippen molar-refractivity contribution in [3.8, 4) is 0 Å². The number of hydrogen-bond acceptors (Lipinski definition) is 4. The first-order valence-corrected chi connectivity index (χ1v) is 7.63. The second-order valence-corrected chi connectivity index (χ2v) is 5.61. The minimum absolute atomic E-state index is 0.147. The standard InChI is InChI=1S/C16H16BrN3O3/c17-12-6-7-14(13(18)8-12)20-15(21)9-19-16(22)23-10-11-4-2-1-3-5-11/h1-8H,9-10,18H2,(H,19,22)(H,20,21). The van der Waals surface area contributed by atoms with E-state index in [9.17, 15) is 9.59 Å². The predicted molar refractivity (Wildman–Crippen MR) is 91.8 cm³/mol. The van der Waals surface area contributed by atoms with Crippen LogP contribution in [-0.4, -0.2) is 18.5 Å². The number of rotatable bonds is 5. The van der Waals surface area contributed by atoms with Crippen molar-refractivity contribution in [1.29, 1.82) is 0 Å². The Morgan fingerprint density at radius 3 is 2.57 bits per heavy atom. The third-order valence-corrected chi connectivity index (χ3v) is 3.39. The minimum atomic E-state index is -0.659. The molecule has 4 N–H and O–H groups in total. The Kier molecular flexibility index (Phi) is 5.99. The molecule has 0 aromatic heterocycles. The van der Waals surface area contributed by atoms with Crippen LogP contribution < -0.4 is 16.4 Å². The highest BCUT2D eigenvalue weighted by Gasteiger charge is 2.08. The average molecular weight is 378 g/mol. The maximum absolute atomic E-state index is 11.8. The zero-order valence-electron chi connectivity index (χ0n) is 12.2. The molecule has 2 rings (SSSR count). The summed E-state index contributed by atoms with van der Waals surface area (Å²) in [6, 6.07) is 14.4. The average Bonchev–Trinajstić information content (AvgIpc) is 2.54. The fourth-order valence-corrected chi connectivity index (χ4v) is 2.15. The van der Waals surface area contributed by atoms with Gasteiger partial charge in [0.25, 0.3) is 0 Å². The molecule has 0 aliphatic rings. The lowest BCUT2D eigenvalue weighted by atomic mass is 10.2. The number of nitrogens with two attached hydrogens (primary N) is 1. The number of amides is 2. The van der Waals surface area contributed by atoms with Gasteiger partial charge in [0.2, 0.25) is 5.91 Å². The van der Waals surface area contributed by atoms with E-state index in [-0.39, 0.29) is 13.2 Å². The maximum Gasteiger partial charge on any atom is 0.407 e. The number of nitrogen functional groups attached to an aromatic ring is 1. The molecule has 0 radical (unpaired) electrons. The van der Waals surface area contributed by atoms with Crippen LogP contribution >= 0.6 is 15.9 Å². The Balaban J connectivity index is 1.74. The summed E-state index contributed by atoms with van der Waals surface area (Å²) in [6.07, 6.45) is -0.659. The molecule has 0 heterocycles. The van der Waals surface area contributed by atoms with Crippen LogP contribution in [0, 0.1) is 0 Å². The molecule has 0 saturated carbocycles. The number of hydrogen-bond donors (Lipinski definition) is 3. The van der Waals surface area contributed by atoms with Crippen LogP contribution in [0.2, 0.25) is 0 Å². The van der Waals surface area contributed by atoms with Gasteiger partial charge in [-0.1, -0.05) is 46.3 Å². The molecular weight excluding hydrogens is 362 g/mol. The van der Waals surface area contributed by atoms with Crippen LogP contribution in [-0.2, 0) is 16.1 Å². The molecule has 0 unspecified atom stereocenters. The van der Waals surface area contributed by atoms with Gasteiger partial charge in [0.15, 0.2) is 0 Å². The van der Waals surface area contributed by atoms with Gasteiger partial charge in [0, 0.05) is 4.47 Å². The first-order chi connectivity index (χ1) is 11.0. The summed E-state index contributed by atoms with van der Waals surface area (Å²) in [6.45, 7) is -0.0585. The summed E-state index contributed by atoms with van der Waals surface area (Å²) in [5.74, 6) is -0.393. The molecule has 0 fully saturated rings. The molecule has 0 aliphatic heterocycles. The van der Waals surface area contributed by atoms with Crippen LogP contribution in [0.25, 0.3) is 0 Å². The minimum Gasteiger partial charge on any atom is -0.445 e. The SMILES string of the molecule is Nc1cc(Br)ccc1NC(=O)CNC(=O)OCc1ccccc1. The van der Waals surface area contributed by atoms with E-state index in [1.54, 1.807) is 18.2 Å². The number of nitrogens with one attached hydrogen (secondary N) is 2. The van der Waals surface area contributed by atoms with Gasteiger partial charge >= 0.3 is 6.09 Å². The molecule has 120 valence electrons. The summed E-state index contributed by atoms with van der Waals surface area (Å²) in [5, 5.41) is 4.99. The van der Waals surface area contributed by atoms with E-state index in [0.29, 0.717) is 11.4 Å². The lowest BCUT2D eigenvalue weighted by Crippen LogP contribution is -2.33. The van der Waals surface area contributed by atoms with E-state index < -0.39 is 12.0 Å². The highest BCUT2D eigenvalue weighted by molar-refractivity contribution is 9.10. The van der Waals surface area contributed by atoms with Gasteiger partial charge in [-0.05, 0) is 23.8 Å². The summed E-state index contributed by atoms with van der Waals surface area (Å²) in [4.78, 5) is 23.3. The van der Waals surface area contributed by atoms with Crippen molar-refractivity contribution >= 4 is 39.3 Å². The van der Waals surface area contributed by atoms with E-state index in [2.05, 4.69) is 26.6 Å². The zero-order valence-corrected chi connectivity index (χ0v) is 13.8. The van der Waals surface area contributed by atoms with Crippen molar-refractivity contribution in [2.24, 2.45) is 0 Å². The smallest absolute Gasteiger partial charge is 0.407 e. The zero-order chi connectivity index (χ0) is 16.7. The quantitative estimate of drug-likeness (QED) is 0.698. The Morgan fingerprint density at radius 1 is 1.13 bits per heavy atom. The second kappa shape index (κ2) is 8.19. The summed E-state index contributed by atoms with van der Waals surface area (Å²) in [7, 11) is 0. The van der Waals surface area contributed by atoms with Gasteiger partial charge in [-0.15, -0.1) is 0 Å². The van der Waals surface area contributed by atoms with Gasteiger partial charge in [-0.25, -0.2) is 4.79 Å². The van der Waals surface area contributed by atoms with E-state index >= 15 is 0 Å². The Labute approximate surface area is 142 Å². The fourth-order valence-electron chi connectivity index (χ4n) is 1.77. The van der Waals surface area contributed by atoms with Gasteiger partial charge < -0.3 is 21.1 Å². The second-order valence-electron chi connectivity index (χ2n) is 4.70. The van der Waals surface area contributed by atoms with E-state index in [1.165, 1.54) is 0 Å². The van der Waals surface area contributed by atoms with E-state index in [1.807, 2.05) is 30.3 Å². The first-order valence-electron chi connectivity index (χ1n) is 6.84. The van der Waals surface area contributed by atoms with Gasteiger partial charge in [-0.3, -0.25) is 4.79 Å². The number of benzene rings is 2. The molecule has 0 atom stereocenters. The lowest BCUT2D eigenvalue weighted by Gasteiger charge is -2.10. The Hall–Kier alpha value is -2.54. The molecule has 6 nitrogen and oxygen atoms in total. The maximum atomic E-state index is 11.8. The van der Waals surface area contributed by atoms with Crippen molar-refractivity contribution in [3.05, 3.63) is 58.6 Å². The number of halogens is 1. The number of alkyl carbamates (subject to hydrolysis) is 1. The summed E-state index contributed by atoms with van der Waals surface area (Å²) < 4.78 is 5.82. The predicted octanol–water partition coefficient (Wildman–Crippen LogP) is 2.90. The van der Waals surface area contributed by atoms with Crippen LogP contribution in [0.1, 0.15) is 5.56 Å². The molecule has 2 aromatic rings. The van der Waals surface area contributed by atoms with Crippen molar-refractivity contribution in [1.82, 2.24) is 5.32 Å². The molecule has 0 saturated heterocycles. The van der Waals surface area contributed by atoms with Crippen molar-refractivity contribution in [2.45, 2.75) is 6.61 Å². The topological polar surface area (TPSA) is 93.5 Å². The van der Waals surface area contributed by atoms with E-state index in [0.717, 1.165) is 10.0 Å². The van der Waals surface area contributed by atoms with Crippen LogP contribution in [0.4, 0.5) is 16.2 Å². The number of carbonyl (C=O) groups is 2. The third kappa shape index (κ3) is 5.63. The van der Waals surface area contributed by atoms with Crippen molar-refractivity contribution < 1.29 is 14.3 Å². The molecule has 2 aromatic carbocycles. The van der Waals surface area contributed by atoms with Crippen LogP contribution in [0.15, 0.2) is 53.0 Å². The van der Waals surface area contributed by atoms with Crippen LogP contribution in [0.5, 0.6) is 0 Å². The highest BCUT2D eigenvalue weighted by Crippen LogP contribution is 2.22. The number of ether oxygens (including phenoxy) is 1. The van der Waals surface area contributed by atoms with Gasteiger partial charge in [0.05, 0.1) is 11.4 Å². The normalized spacial score (nSPS) is 9.96. The molecule has 0 bridgehead atoms. The Bertz CT molecular complexity index is 692. The fraction of sp³-hybridized carbons (Fsp3) is 0.125.